The lowest BCUT2D eigenvalue weighted by molar-refractivity contribution is 0.0169. The smallest absolute Gasteiger partial charge is 0.128 e. The molecule has 0 aromatic heterocycles. The zero-order chi connectivity index (χ0) is 14.7. The van der Waals surface area contributed by atoms with E-state index in [4.69, 9.17) is 10.5 Å². The molecule has 0 amide bonds. The number of ether oxygens (including phenoxy) is 1. The van der Waals surface area contributed by atoms with Crippen molar-refractivity contribution >= 4 is 0 Å². The maximum Gasteiger partial charge on any atom is 0.128 e. The molecule has 3 heteroatoms. The van der Waals surface area contributed by atoms with E-state index in [2.05, 4.69) is 12.1 Å². The van der Waals surface area contributed by atoms with Gasteiger partial charge in [0.2, 0.25) is 0 Å². The van der Waals surface area contributed by atoms with E-state index in [1.807, 2.05) is 18.2 Å². The van der Waals surface area contributed by atoms with Gasteiger partial charge in [-0.05, 0) is 36.5 Å². The molecule has 3 rings (SSSR count). The summed E-state index contributed by atoms with van der Waals surface area (Å²) in [4.78, 5) is 0. The molecule has 2 atom stereocenters. The number of hydrogen-bond donors (Lipinski definition) is 1. The van der Waals surface area contributed by atoms with Crippen molar-refractivity contribution in [3.8, 4) is 0 Å². The molecule has 21 heavy (non-hydrogen) atoms. The van der Waals surface area contributed by atoms with E-state index in [0.717, 1.165) is 24.8 Å². The van der Waals surface area contributed by atoms with Gasteiger partial charge in [-0.2, -0.15) is 0 Å². The summed E-state index contributed by atoms with van der Waals surface area (Å²) in [6.07, 6.45) is 2.92. The average Bonchev–Trinajstić information content (AvgIpc) is 2.67. The molecule has 0 spiro atoms. The maximum atomic E-state index is 13.6. The zero-order valence-corrected chi connectivity index (χ0v) is 12.0. The zero-order valence-electron chi connectivity index (χ0n) is 12.0. The van der Waals surface area contributed by atoms with Gasteiger partial charge in [-0.15, -0.1) is 0 Å². The monoisotopic (exact) mass is 285 g/mol. The van der Waals surface area contributed by atoms with Crippen molar-refractivity contribution in [2.24, 2.45) is 5.73 Å². The van der Waals surface area contributed by atoms with E-state index < -0.39 is 0 Å². The fourth-order valence-corrected chi connectivity index (χ4v) is 2.96. The molecular weight excluding hydrogens is 265 g/mol. The number of rotatable bonds is 3. The summed E-state index contributed by atoms with van der Waals surface area (Å²) >= 11 is 0. The third-order valence-electron chi connectivity index (χ3n) is 4.16. The summed E-state index contributed by atoms with van der Waals surface area (Å²) in [5, 5.41) is 0. The van der Waals surface area contributed by atoms with Gasteiger partial charge in [-0.25, -0.2) is 4.39 Å². The molecule has 0 heterocycles. The highest BCUT2D eigenvalue weighted by atomic mass is 19.1. The first-order chi connectivity index (χ1) is 10.3. The third kappa shape index (κ3) is 3.14. The predicted octanol–water partition coefficient (Wildman–Crippen LogP) is 3.75. The van der Waals surface area contributed by atoms with Crippen LogP contribution in [0.1, 0.15) is 35.6 Å². The fourth-order valence-electron chi connectivity index (χ4n) is 2.96. The lowest BCUT2D eigenvalue weighted by Crippen LogP contribution is -2.28. The summed E-state index contributed by atoms with van der Waals surface area (Å²) in [5.74, 6) is -0.222. The van der Waals surface area contributed by atoms with E-state index >= 15 is 0 Å². The molecule has 110 valence electrons. The van der Waals surface area contributed by atoms with Crippen molar-refractivity contribution in [2.75, 3.05) is 0 Å². The number of hydrogen-bond acceptors (Lipinski definition) is 2. The summed E-state index contributed by atoms with van der Waals surface area (Å²) < 4.78 is 19.6. The van der Waals surface area contributed by atoms with Gasteiger partial charge in [0, 0.05) is 5.56 Å². The summed E-state index contributed by atoms with van der Waals surface area (Å²) in [6.45, 7) is 0.271. The highest BCUT2D eigenvalue weighted by molar-refractivity contribution is 5.31. The van der Waals surface area contributed by atoms with Crippen LogP contribution in [0.2, 0.25) is 0 Å². The van der Waals surface area contributed by atoms with Crippen LogP contribution in [0.25, 0.3) is 0 Å². The Morgan fingerprint density at radius 3 is 2.71 bits per heavy atom. The second-order valence-corrected chi connectivity index (χ2v) is 5.56. The second-order valence-electron chi connectivity index (χ2n) is 5.56. The van der Waals surface area contributed by atoms with E-state index in [9.17, 15) is 4.39 Å². The lowest BCUT2D eigenvalue weighted by atomic mass is 9.98. The molecule has 2 aromatic rings. The van der Waals surface area contributed by atoms with Crippen LogP contribution in [-0.2, 0) is 17.8 Å². The molecule has 1 aliphatic carbocycles. The van der Waals surface area contributed by atoms with Crippen LogP contribution in [-0.4, -0.2) is 6.10 Å². The van der Waals surface area contributed by atoms with E-state index in [0.29, 0.717) is 5.56 Å². The summed E-state index contributed by atoms with van der Waals surface area (Å²) in [7, 11) is 0. The third-order valence-corrected chi connectivity index (χ3v) is 4.16. The number of aryl methyl sites for hydroxylation is 1. The van der Waals surface area contributed by atoms with Crippen LogP contribution < -0.4 is 5.73 Å². The Morgan fingerprint density at radius 2 is 1.86 bits per heavy atom. The van der Waals surface area contributed by atoms with Crippen LogP contribution >= 0.6 is 0 Å². The van der Waals surface area contributed by atoms with Gasteiger partial charge >= 0.3 is 0 Å². The SMILES string of the molecule is NC1c2ccccc2CCCC1OCc1ccccc1F. The first-order valence-electron chi connectivity index (χ1n) is 7.44. The Hall–Kier alpha value is -1.71. The standard InChI is InChI=1S/C18H20FNO/c19-16-10-4-2-7-14(16)12-21-17-11-5-8-13-6-1-3-9-15(13)18(17)20/h1-4,6-7,9-10,17-18H,5,8,11-12,20H2. The van der Waals surface area contributed by atoms with Crippen molar-refractivity contribution in [1.29, 1.82) is 0 Å². The van der Waals surface area contributed by atoms with Gasteiger partial charge in [0.25, 0.3) is 0 Å². The molecule has 0 saturated carbocycles. The maximum absolute atomic E-state index is 13.6. The van der Waals surface area contributed by atoms with Gasteiger partial charge < -0.3 is 10.5 Å². The highest BCUT2D eigenvalue weighted by Gasteiger charge is 2.25. The lowest BCUT2D eigenvalue weighted by Gasteiger charge is -2.23. The Labute approximate surface area is 124 Å². The molecule has 0 fully saturated rings. The second kappa shape index (κ2) is 6.37. The molecule has 0 saturated heterocycles. The van der Waals surface area contributed by atoms with Crippen molar-refractivity contribution < 1.29 is 9.13 Å². The number of fused-ring (bicyclic) bond motifs is 1. The Kier molecular flexibility index (Phi) is 4.32. The molecule has 2 unspecified atom stereocenters. The van der Waals surface area contributed by atoms with Crippen molar-refractivity contribution in [3.05, 3.63) is 71.0 Å². The molecule has 0 radical (unpaired) electrons. The Bertz CT molecular complexity index is 614. The Balaban J connectivity index is 1.73. The van der Waals surface area contributed by atoms with Gasteiger partial charge in [0.1, 0.15) is 5.82 Å². The first-order valence-corrected chi connectivity index (χ1v) is 7.44. The normalized spacial score (nSPS) is 21.6. The average molecular weight is 285 g/mol. The van der Waals surface area contributed by atoms with Crippen LogP contribution in [0.4, 0.5) is 4.39 Å². The van der Waals surface area contributed by atoms with Crippen molar-refractivity contribution in [2.45, 2.75) is 38.0 Å². The fraction of sp³-hybridized carbons (Fsp3) is 0.333. The highest BCUT2D eigenvalue weighted by Crippen LogP contribution is 2.29. The van der Waals surface area contributed by atoms with E-state index in [-0.39, 0.29) is 24.6 Å². The molecule has 2 nitrogen and oxygen atoms in total. The predicted molar refractivity (Wildman–Crippen MR) is 81.3 cm³/mol. The topological polar surface area (TPSA) is 35.2 Å². The largest absolute Gasteiger partial charge is 0.371 e. The minimum atomic E-state index is -0.222. The van der Waals surface area contributed by atoms with Crippen LogP contribution in [0.5, 0.6) is 0 Å². The van der Waals surface area contributed by atoms with Crippen molar-refractivity contribution in [1.82, 2.24) is 0 Å². The number of benzene rings is 2. The molecule has 2 aromatic carbocycles. The van der Waals surface area contributed by atoms with E-state index in [1.165, 1.54) is 11.6 Å². The number of nitrogens with two attached hydrogens (primary N) is 1. The van der Waals surface area contributed by atoms with E-state index in [1.54, 1.807) is 12.1 Å². The van der Waals surface area contributed by atoms with Gasteiger partial charge in [0.15, 0.2) is 0 Å². The molecule has 1 aliphatic rings. The van der Waals surface area contributed by atoms with Crippen molar-refractivity contribution in [3.63, 3.8) is 0 Å². The summed E-state index contributed by atoms with van der Waals surface area (Å²) in [6, 6.07) is 14.8. The van der Waals surface area contributed by atoms with Gasteiger partial charge in [-0.1, -0.05) is 42.5 Å². The first kappa shape index (κ1) is 14.2. The van der Waals surface area contributed by atoms with Gasteiger partial charge in [0.05, 0.1) is 18.8 Å². The van der Waals surface area contributed by atoms with Crippen LogP contribution in [0.3, 0.4) is 0 Å². The van der Waals surface area contributed by atoms with Crippen LogP contribution in [0.15, 0.2) is 48.5 Å². The number of halogens is 1. The molecular formula is C18H20FNO. The minimum absolute atomic E-state index is 0.0618. The molecule has 2 N–H and O–H groups in total. The Morgan fingerprint density at radius 1 is 1.10 bits per heavy atom. The summed E-state index contributed by atoms with van der Waals surface area (Å²) in [5.41, 5.74) is 9.43. The van der Waals surface area contributed by atoms with Crippen LogP contribution in [0, 0.1) is 5.82 Å². The molecule has 0 bridgehead atoms. The minimum Gasteiger partial charge on any atom is -0.371 e. The molecule has 0 aliphatic heterocycles. The quantitative estimate of drug-likeness (QED) is 0.872. The van der Waals surface area contributed by atoms with Gasteiger partial charge in [-0.3, -0.25) is 0 Å².